The number of anilines is 2. The summed E-state index contributed by atoms with van der Waals surface area (Å²) >= 11 is 0. The number of ether oxygens (including phenoxy) is 1. The van der Waals surface area contributed by atoms with Gasteiger partial charge in [-0.15, -0.1) is 0 Å². The molecule has 108 valence electrons. The van der Waals surface area contributed by atoms with Crippen molar-refractivity contribution in [3.8, 4) is 5.88 Å². The molecule has 0 saturated heterocycles. The van der Waals surface area contributed by atoms with Crippen LogP contribution >= 0.6 is 0 Å². The molecule has 1 rings (SSSR count). The molecule has 0 amide bonds. The van der Waals surface area contributed by atoms with Crippen LogP contribution in [0.1, 0.15) is 41.5 Å². The van der Waals surface area contributed by atoms with Gasteiger partial charge < -0.3 is 15.8 Å². The summed E-state index contributed by atoms with van der Waals surface area (Å²) in [5, 5.41) is 3.33. The van der Waals surface area contributed by atoms with E-state index >= 15 is 0 Å². The van der Waals surface area contributed by atoms with E-state index in [1.807, 2.05) is 32.9 Å². The molecule has 1 atom stereocenters. The fourth-order valence-electron chi connectivity index (χ4n) is 1.42. The minimum absolute atomic E-state index is 0.301. The minimum atomic E-state index is -0.301. The van der Waals surface area contributed by atoms with Gasteiger partial charge in [-0.3, -0.25) is 0 Å². The van der Waals surface area contributed by atoms with Crippen LogP contribution in [0.3, 0.4) is 0 Å². The van der Waals surface area contributed by atoms with Gasteiger partial charge in [0.25, 0.3) is 0 Å². The quantitative estimate of drug-likeness (QED) is 0.854. The van der Waals surface area contributed by atoms with Crippen molar-refractivity contribution in [1.82, 2.24) is 4.98 Å². The van der Waals surface area contributed by atoms with Crippen LogP contribution in [0.25, 0.3) is 0 Å². The number of hydrogen-bond acceptors (Lipinski definition) is 4. The molecule has 0 aliphatic carbocycles. The molecule has 0 aliphatic heterocycles. The van der Waals surface area contributed by atoms with E-state index in [0.717, 1.165) is 12.4 Å². The van der Waals surface area contributed by atoms with Crippen LogP contribution in [0.2, 0.25) is 0 Å². The van der Waals surface area contributed by atoms with E-state index in [9.17, 15) is 0 Å². The van der Waals surface area contributed by atoms with Crippen LogP contribution < -0.4 is 15.8 Å². The topological polar surface area (TPSA) is 60.2 Å². The first kappa shape index (κ1) is 15.6. The Bertz CT molecular complexity index is 410. The van der Waals surface area contributed by atoms with Gasteiger partial charge >= 0.3 is 0 Å². The van der Waals surface area contributed by atoms with Gasteiger partial charge in [-0.2, -0.15) is 4.98 Å². The number of aromatic nitrogens is 1. The SMILES string of the molecule is CC(C)C(C)CNc1ccc(N)c(OC(C)(C)C)n1. The summed E-state index contributed by atoms with van der Waals surface area (Å²) in [6.07, 6.45) is 0. The van der Waals surface area contributed by atoms with Crippen molar-refractivity contribution < 1.29 is 4.74 Å². The molecule has 0 radical (unpaired) electrons. The average molecular weight is 265 g/mol. The molecule has 0 aromatic carbocycles. The highest BCUT2D eigenvalue weighted by Gasteiger charge is 2.15. The standard InChI is InChI=1S/C15H27N3O/c1-10(2)11(3)9-17-13-8-7-12(16)14(18-13)19-15(4,5)6/h7-8,10-11H,9,16H2,1-6H3,(H,17,18). The third kappa shape index (κ3) is 5.37. The zero-order valence-corrected chi connectivity index (χ0v) is 12.9. The molecule has 1 heterocycles. The van der Waals surface area contributed by atoms with Crippen LogP contribution in [0.4, 0.5) is 11.5 Å². The number of hydrogen-bond donors (Lipinski definition) is 2. The number of nitrogens with zero attached hydrogens (tertiary/aromatic N) is 1. The van der Waals surface area contributed by atoms with Crippen molar-refractivity contribution in [1.29, 1.82) is 0 Å². The summed E-state index contributed by atoms with van der Waals surface area (Å²) in [7, 11) is 0. The van der Waals surface area contributed by atoms with Crippen LogP contribution in [0.15, 0.2) is 12.1 Å². The zero-order valence-electron chi connectivity index (χ0n) is 12.9. The van der Waals surface area contributed by atoms with Gasteiger partial charge in [0.2, 0.25) is 5.88 Å². The molecule has 0 saturated carbocycles. The molecule has 19 heavy (non-hydrogen) atoms. The number of nitrogens with one attached hydrogen (secondary N) is 1. The first-order chi connectivity index (χ1) is 8.69. The molecule has 3 N–H and O–H groups in total. The van der Waals surface area contributed by atoms with Crippen molar-refractivity contribution in [2.24, 2.45) is 11.8 Å². The molecule has 1 aromatic rings. The number of nitrogen functional groups attached to an aromatic ring is 1. The predicted molar refractivity (Wildman–Crippen MR) is 81.5 cm³/mol. The second-order valence-corrected chi connectivity index (χ2v) is 6.41. The summed E-state index contributed by atoms with van der Waals surface area (Å²) in [4.78, 5) is 4.43. The van der Waals surface area contributed by atoms with Crippen molar-refractivity contribution in [2.45, 2.75) is 47.1 Å². The number of pyridine rings is 1. The maximum atomic E-state index is 5.89. The highest BCUT2D eigenvalue weighted by atomic mass is 16.5. The smallest absolute Gasteiger partial charge is 0.239 e. The molecule has 1 unspecified atom stereocenters. The molecule has 0 aliphatic rings. The fraction of sp³-hybridized carbons (Fsp3) is 0.667. The summed E-state index contributed by atoms with van der Waals surface area (Å²) in [6.45, 7) is 13.5. The van der Waals surface area contributed by atoms with E-state index < -0.39 is 0 Å². The fourth-order valence-corrected chi connectivity index (χ4v) is 1.42. The molecule has 0 bridgehead atoms. The van der Waals surface area contributed by atoms with Crippen LogP contribution in [-0.2, 0) is 0 Å². The summed E-state index contributed by atoms with van der Waals surface area (Å²) < 4.78 is 5.75. The van der Waals surface area contributed by atoms with E-state index in [-0.39, 0.29) is 5.60 Å². The lowest BCUT2D eigenvalue weighted by molar-refractivity contribution is 0.125. The Labute approximate surface area is 116 Å². The number of nitrogens with two attached hydrogens (primary N) is 1. The Morgan fingerprint density at radius 2 is 1.89 bits per heavy atom. The molecular weight excluding hydrogens is 238 g/mol. The minimum Gasteiger partial charge on any atom is -0.470 e. The molecule has 4 heteroatoms. The second kappa shape index (κ2) is 6.13. The van der Waals surface area contributed by atoms with Crippen LogP contribution in [0.5, 0.6) is 5.88 Å². The first-order valence-electron chi connectivity index (χ1n) is 6.88. The Morgan fingerprint density at radius 3 is 2.42 bits per heavy atom. The van der Waals surface area contributed by atoms with Crippen LogP contribution in [-0.4, -0.2) is 17.1 Å². The number of rotatable bonds is 5. The van der Waals surface area contributed by atoms with E-state index in [1.165, 1.54) is 0 Å². The van der Waals surface area contributed by atoms with E-state index in [1.54, 1.807) is 0 Å². The third-order valence-corrected chi connectivity index (χ3v) is 3.04. The van der Waals surface area contributed by atoms with E-state index in [2.05, 4.69) is 31.1 Å². The van der Waals surface area contributed by atoms with Crippen molar-refractivity contribution in [3.63, 3.8) is 0 Å². The van der Waals surface area contributed by atoms with Crippen molar-refractivity contribution >= 4 is 11.5 Å². The summed E-state index contributed by atoms with van der Waals surface area (Å²) in [5.74, 6) is 2.54. The van der Waals surface area contributed by atoms with Gasteiger partial charge in [0.15, 0.2) is 0 Å². The Hall–Kier alpha value is -1.45. The van der Waals surface area contributed by atoms with Gasteiger partial charge in [-0.25, -0.2) is 0 Å². The lowest BCUT2D eigenvalue weighted by Gasteiger charge is -2.22. The third-order valence-electron chi connectivity index (χ3n) is 3.04. The maximum Gasteiger partial charge on any atom is 0.239 e. The maximum absolute atomic E-state index is 5.89. The molecule has 4 nitrogen and oxygen atoms in total. The van der Waals surface area contributed by atoms with E-state index in [4.69, 9.17) is 10.5 Å². The highest BCUT2D eigenvalue weighted by Crippen LogP contribution is 2.25. The lowest BCUT2D eigenvalue weighted by Crippen LogP contribution is -2.24. The monoisotopic (exact) mass is 265 g/mol. The van der Waals surface area contributed by atoms with Gasteiger partial charge in [0.05, 0.1) is 5.69 Å². The first-order valence-corrected chi connectivity index (χ1v) is 6.88. The molecule has 0 spiro atoms. The van der Waals surface area contributed by atoms with Gasteiger partial charge in [-0.05, 0) is 44.7 Å². The van der Waals surface area contributed by atoms with Gasteiger partial charge in [0, 0.05) is 6.54 Å². The van der Waals surface area contributed by atoms with Crippen molar-refractivity contribution in [2.75, 3.05) is 17.6 Å². The molecule has 1 aromatic heterocycles. The normalized spacial score (nSPS) is 13.4. The Kier molecular flexibility index (Phi) is 5.04. The highest BCUT2D eigenvalue weighted by molar-refractivity contribution is 5.53. The van der Waals surface area contributed by atoms with Gasteiger partial charge in [-0.1, -0.05) is 20.8 Å². The zero-order chi connectivity index (χ0) is 14.6. The van der Waals surface area contributed by atoms with E-state index in [0.29, 0.717) is 23.4 Å². The second-order valence-electron chi connectivity index (χ2n) is 6.41. The van der Waals surface area contributed by atoms with Crippen LogP contribution in [0, 0.1) is 11.8 Å². The molecular formula is C15H27N3O. The summed E-state index contributed by atoms with van der Waals surface area (Å²) in [5.41, 5.74) is 6.15. The Morgan fingerprint density at radius 1 is 1.26 bits per heavy atom. The molecule has 0 fully saturated rings. The largest absolute Gasteiger partial charge is 0.470 e. The predicted octanol–water partition coefficient (Wildman–Crippen LogP) is 3.55. The Balaban J connectivity index is 2.73. The summed E-state index contributed by atoms with van der Waals surface area (Å²) in [6, 6.07) is 3.72. The van der Waals surface area contributed by atoms with Gasteiger partial charge in [0.1, 0.15) is 11.4 Å². The lowest BCUT2D eigenvalue weighted by atomic mass is 9.98. The van der Waals surface area contributed by atoms with Crippen molar-refractivity contribution in [3.05, 3.63) is 12.1 Å². The average Bonchev–Trinajstić information content (AvgIpc) is 2.27.